The molecule has 2 aromatic heterocycles. The number of thiophene rings is 1. The van der Waals surface area contributed by atoms with Crippen molar-refractivity contribution in [3.05, 3.63) is 20.8 Å². The number of fused-ring (bicyclic) bond motifs is 3. The maximum Gasteiger partial charge on any atom is 0.263 e. The van der Waals surface area contributed by atoms with Gasteiger partial charge < -0.3 is 9.64 Å². The lowest BCUT2D eigenvalue weighted by atomic mass is 10.2. The van der Waals surface area contributed by atoms with Gasteiger partial charge in [0.15, 0.2) is 5.16 Å². The van der Waals surface area contributed by atoms with Crippen LogP contribution in [0.5, 0.6) is 0 Å². The number of rotatable bonds is 6. The van der Waals surface area contributed by atoms with E-state index >= 15 is 0 Å². The number of nitrogens with zero attached hydrogens (tertiary/aromatic N) is 3. The van der Waals surface area contributed by atoms with Gasteiger partial charge in [0.1, 0.15) is 4.83 Å². The molecule has 0 bridgehead atoms. The molecule has 0 saturated heterocycles. The van der Waals surface area contributed by atoms with Gasteiger partial charge in [0.05, 0.1) is 23.8 Å². The summed E-state index contributed by atoms with van der Waals surface area (Å²) in [5.41, 5.74) is 1.17. The number of carbonyl (C=O) groups is 1. The van der Waals surface area contributed by atoms with Crippen LogP contribution < -0.4 is 5.56 Å². The average molecular weight is 382 g/mol. The third-order valence-electron chi connectivity index (χ3n) is 4.38. The molecular weight excluding hydrogens is 358 g/mol. The van der Waals surface area contributed by atoms with Crippen molar-refractivity contribution in [2.75, 3.05) is 27.8 Å². The van der Waals surface area contributed by atoms with Gasteiger partial charge in [-0.2, -0.15) is 0 Å². The van der Waals surface area contributed by atoms with Crippen LogP contribution in [0.15, 0.2) is 9.95 Å². The molecule has 25 heavy (non-hydrogen) atoms. The van der Waals surface area contributed by atoms with Crippen LogP contribution in [-0.4, -0.2) is 53.4 Å². The van der Waals surface area contributed by atoms with Crippen LogP contribution in [0, 0.1) is 0 Å². The molecule has 1 atom stereocenters. The van der Waals surface area contributed by atoms with Crippen LogP contribution in [0.3, 0.4) is 0 Å². The number of thioether (sulfide) groups is 1. The zero-order valence-electron chi connectivity index (χ0n) is 15.0. The van der Waals surface area contributed by atoms with Gasteiger partial charge in [-0.1, -0.05) is 11.8 Å². The van der Waals surface area contributed by atoms with Gasteiger partial charge in [-0.15, -0.1) is 11.3 Å². The summed E-state index contributed by atoms with van der Waals surface area (Å²) in [6.45, 7) is 2.72. The summed E-state index contributed by atoms with van der Waals surface area (Å²) in [5.74, 6) is 0.00584. The lowest BCUT2D eigenvalue weighted by molar-refractivity contribution is -0.127. The highest BCUT2D eigenvalue weighted by molar-refractivity contribution is 8.00. The molecule has 1 aliphatic carbocycles. The van der Waals surface area contributed by atoms with Crippen molar-refractivity contribution in [3.8, 4) is 0 Å². The number of hydrogen-bond donors (Lipinski definition) is 0. The molecule has 0 N–H and O–H groups in total. The number of aryl methyl sites for hydroxylation is 2. The van der Waals surface area contributed by atoms with Gasteiger partial charge in [-0.3, -0.25) is 14.2 Å². The highest BCUT2D eigenvalue weighted by Crippen LogP contribution is 2.36. The summed E-state index contributed by atoms with van der Waals surface area (Å²) < 4.78 is 6.83. The van der Waals surface area contributed by atoms with Gasteiger partial charge in [0.25, 0.3) is 5.56 Å². The van der Waals surface area contributed by atoms with E-state index in [1.54, 1.807) is 42.0 Å². The van der Waals surface area contributed by atoms with Gasteiger partial charge in [-0.25, -0.2) is 4.98 Å². The summed E-state index contributed by atoms with van der Waals surface area (Å²) in [5, 5.41) is 1.06. The first-order valence-electron chi connectivity index (χ1n) is 8.36. The first-order chi connectivity index (χ1) is 11.9. The van der Waals surface area contributed by atoms with Crippen molar-refractivity contribution < 1.29 is 9.53 Å². The molecule has 2 aromatic rings. The molecule has 0 aliphatic heterocycles. The second-order valence-electron chi connectivity index (χ2n) is 6.37. The summed E-state index contributed by atoms with van der Waals surface area (Å²) in [6.07, 6.45) is 3.10. The maximum atomic E-state index is 13.1. The lowest BCUT2D eigenvalue weighted by Gasteiger charge is -2.18. The molecule has 0 unspecified atom stereocenters. The van der Waals surface area contributed by atoms with E-state index in [0.717, 1.165) is 29.5 Å². The monoisotopic (exact) mass is 381 g/mol. The minimum absolute atomic E-state index is 0.00584. The van der Waals surface area contributed by atoms with Crippen molar-refractivity contribution in [3.63, 3.8) is 0 Å². The van der Waals surface area contributed by atoms with Crippen LogP contribution in [-0.2, 0) is 28.9 Å². The first kappa shape index (κ1) is 18.4. The molecule has 1 aliphatic rings. The standard InChI is InChI=1S/C17H23N3O3S2/c1-10(15(21)19(2)3)24-17-18-14-13(11-6-5-7-12(11)25-14)16(22)20(17)8-9-23-4/h10H,5-9H2,1-4H3/t10-/m0/s1. The van der Waals surface area contributed by atoms with Crippen molar-refractivity contribution >= 4 is 39.2 Å². The van der Waals surface area contributed by atoms with E-state index in [9.17, 15) is 9.59 Å². The minimum atomic E-state index is -0.306. The second-order valence-corrected chi connectivity index (χ2v) is 8.77. The van der Waals surface area contributed by atoms with Crippen LogP contribution in [0.4, 0.5) is 0 Å². The topological polar surface area (TPSA) is 64.4 Å². The van der Waals surface area contributed by atoms with E-state index in [4.69, 9.17) is 9.72 Å². The second kappa shape index (κ2) is 7.47. The van der Waals surface area contributed by atoms with Gasteiger partial charge in [-0.05, 0) is 31.7 Å². The van der Waals surface area contributed by atoms with Gasteiger partial charge >= 0.3 is 0 Å². The summed E-state index contributed by atoms with van der Waals surface area (Å²) in [7, 11) is 5.08. The number of carbonyl (C=O) groups excluding carboxylic acids is 1. The Kier molecular flexibility index (Phi) is 5.50. The lowest BCUT2D eigenvalue weighted by Crippen LogP contribution is -2.31. The number of amides is 1. The van der Waals surface area contributed by atoms with Crippen molar-refractivity contribution in [1.82, 2.24) is 14.5 Å². The zero-order valence-corrected chi connectivity index (χ0v) is 16.6. The third-order valence-corrected chi connectivity index (χ3v) is 6.64. The Hall–Kier alpha value is -1.38. The SMILES string of the molecule is COCCn1c(S[C@@H](C)C(=O)N(C)C)nc2sc3c(c2c1=O)CCC3. The van der Waals surface area contributed by atoms with E-state index in [2.05, 4.69) is 0 Å². The number of aromatic nitrogens is 2. The zero-order chi connectivity index (χ0) is 18.1. The Morgan fingerprint density at radius 2 is 2.20 bits per heavy atom. The molecule has 0 aromatic carbocycles. The third kappa shape index (κ3) is 3.47. The van der Waals surface area contributed by atoms with E-state index in [0.29, 0.717) is 18.3 Å². The normalized spacial score (nSPS) is 14.7. The highest BCUT2D eigenvalue weighted by atomic mass is 32.2. The fourth-order valence-corrected chi connectivity index (χ4v) is 5.48. The Morgan fingerprint density at radius 1 is 1.44 bits per heavy atom. The fourth-order valence-electron chi connectivity index (χ4n) is 3.10. The summed E-state index contributed by atoms with van der Waals surface area (Å²) in [6, 6.07) is 0. The molecule has 136 valence electrons. The van der Waals surface area contributed by atoms with E-state index in [1.807, 2.05) is 6.92 Å². The number of hydrogen-bond acceptors (Lipinski definition) is 6. The Morgan fingerprint density at radius 3 is 2.88 bits per heavy atom. The van der Waals surface area contributed by atoms with Crippen LogP contribution in [0.2, 0.25) is 0 Å². The molecule has 0 saturated carbocycles. The molecule has 0 fully saturated rings. The van der Waals surface area contributed by atoms with E-state index in [1.165, 1.54) is 22.2 Å². The quantitative estimate of drug-likeness (QED) is 0.567. The van der Waals surface area contributed by atoms with Gasteiger partial charge in [0, 0.05) is 26.1 Å². The van der Waals surface area contributed by atoms with Crippen molar-refractivity contribution in [2.45, 2.75) is 43.1 Å². The summed E-state index contributed by atoms with van der Waals surface area (Å²) >= 11 is 2.96. The Balaban J connectivity index is 2.07. The average Bonchev–Trinajstić information content (AvgIpc) is 3.13. The molecule has 1 amide bonds. The Labute approximate surface area is 155 Å². The minimum Gasteiger partial charge on any atom is -0.383 e. The Bertz CT molecular complexity index is 857. The van der Waals surface area contributed by atoms with E-state index in [-0.39, 0.29) is 16.7 Å². The molecule has 8 heteroatoms. The predicted molar refractivity (Wildman–Crippen MR) is 102 cm³/mol. The number of ether oxygens (including phenoxy) is 1. The summed E-state index contributed by atoms with van der Waals surface area (Å²) in [4.78, 5) is 33.7. The first-order valence-corrected chi connectivity index (χ1v) is 10.1. The predicted octanol–water partition coefficient (Wildman–Crippen LogP) is 2.16. The molecule has 0 spiro atoms. The highest BCUT2D eigenvalue weighted by Gasteiger charge is 2.25. The molecular formula is C17H23N3O3S2. The molecule has 6 nitrogen and oxygen atoms in total. The van der Waals surface area contributed by atoms with E-state index < -0.39 is 0 Å². The molecule has 0 radical (unpaired) electrons. The van der Waals surface area contributed by atoms with Crippen molar-refractivity contribution in [2.24, 2.45) is 0 Å². The maximum absolute atomic E-state index is 13.1. The molecule has 2 heterocycles. The van der Waals surface area contributed by atoms with Crippen LogP contribution >= 0.6 is 23.1 Å². The number of methoxy groups -OCH3 is 1. The largest absolute Gasteiger partial charge is 0.383 e. The van der Waals surface area contributed by atoms with Crippen LogP contribution in [0.1, 0.15) is 23.8 Å². The fraction of sp³-hybridized carbons (Fsp3) is 0.588. The molecule has 3 rings (SSSR count). The van der Waals surface area contributed by atoms with Gasteiger partial charge in [0.2, 0.25) is 5.91 Å². The van der Waals surface area contributed by atoms with Crippen LogP contribution in [0.25, 0.3) is 10.2 Å². The smallest absolute Gasteiger partial charge is 0.263 e. The van der Waals surface area contributed by atoms with Crippen molar-refractivity contribution in [1.29, 1.82) is 0 Å².